The summed E-state index contributed by atoms with van der Waals surface area (Å²) in [5.74, 6) is 0.724. The Kier molecular flexibility index (Phi) is 6.82. The van der Waals surface area contributed by atoms with Gasteiger partial charge in [-0.2, -0.15) is 0 Å². The summed E-state index contributed by atoms with van der Waals surface area (Å²) < 4.78 is 0. The van der Waals surface area contributed by atoms with Crippen molar-refractivity contribution in [3.63, 3.8) is 0 Å². The molecule has 0 aliphatic rings. The van der Waals surface area contributed by atoms with Crippen molar-refractivity contribution in [3.8, 4) is 0 Å². The monoisotopic (exact) mass is 310 g/mol. The maximum Gasteiger partial charge on any atom is 0.0128 e. The molecule has 0 amide bonds. The van der Waals surface area contributed by atoms with Gasteiger partial charge >= 0.3 is 0 Å². The molecular formula is C21H30N2. The van der Waals surface area contributed by atoms with Gasteiger partial charge in [-0.15, -0.1) is 0 Å². The second-order valence-corrected chi connectivity index (χ2v) is 6.62. The lowest BCUT2D eigenvalue weighted by molar-refractivity contribution is 0.393. The summed E-state index contributed by atoms with van der Waals surface area (Å²) in [5.41, 5.74) is 15.4. The number of benzene rings is 2. The van der Waals surface area contributed by atoms with Crippen molar-refractivity contribution in [2.75, 3.05) is 0 Å². The zero-order valence-corrected chi connectivity index (χ0v) is 14.4. The molecule has 0 saturated heterocycles. The van der Waals surface area contributed by atoms with Crippen LogP contribution in [0.2, 0.25) is 0 Å². The van der Waals surface area contributed by atoms with Crippen LogP contribution in [-0.2, 0) is 0 Å². The van der Waals surface area contributed by atoms with E-state index in [9.17, 15) is 0 Å². The van der Waals surface area contributed by atoms with Crippen LogP contribution in [0.3, 0.4) is 0 Å². The van der Waals surface area contributed by atoms with Crippen molar-refractivity contribution in [2.24, 2.45) is 11.5 Å². The molecule has 2 aromatic rings. The summed E-state index contributed by atoms with van der Waals surface area (Å²) in [4.78, 5) is 0. The molecule has 0 aliphatic carbocycles. The van der Waals surface area contributed by atoms with Gasteiger partial charge in [-0.25, -0.2) is 0 Å². The third-order valence-corrected chi connectivity index (χ3v) is 4.55. The summed E-state index contributed by atoms with van der Waals surface area (Å²) in [5, 5.41) is 0. The fourth-order valence-corrected chi connectivity index (χ4v) is 3.59. The van der Waals surface area contributed by atoms with Crippen molar-refractivity contribution in [3.05, 3.63) is 71.8 Å². The molecule has 2 heteroatoms. The van der Waals surface area contributed by atoms with E-state index >= 15 is 0 Å². The lowest BCUT2D eigenvalue weighted by atomic mass is 9.74. The van der Waals surface area contributed by atoms with E-state index in [2.05, 4.69) is 67.6 Å². The summed E-state index contributed by atoms with van der Waals surface area (Å²) >= 11 is 0. The zero-order chi connectivity index (χ0) is 16.7. The van der Waals surface area contributed by atoms with Crippen molar-refractivity contribution >= 4 is 0 Å². The van der Waals surface area contributed by atoms with Gasteiger partial charge in [-0.1, -0.05) is 74.0 Å². The minimum absolute atomic E-state index is 0.0640. The molecule has 2 rings (SSSR count). The smallest absolute Gasteiger partial charge is 0.0128 e. The first kappa shape index (κ1) is 17.7. The van der Waals surface area contributed by atoms with Gasteiger partial charge in [0.05, 0.1) is 0 Å². The molecule has 0 fully saturated rings. The molecule has 0 heterocycles. The topological polar surface area (TPSA) is 52.0 Å². The quantitative estimate of drug-likeness (QED) is 0.758. The second-order valence-electron chi connectivity index (χ2n) is 6.62. The first-order valence-electron chi connectivity index (χ1n) is 8.74. The lowest BCUT2D eigenvalue weighted by Gasteiger charge is -2.33. The zero-order valence-electron chi connectivity index (χ0n) is 14.4. The first-order chi connectivity index (χ1) is 11.1. The van der Waals surface area contributed by atoms with Crippen molar-refractivity contribution in [2.45, 2.75) is 57.0 Å². The van der Waals surface area contributed by atoms with Gasteiger partial charge in [0, 0.05) is 18.0 Å². The van der Waals surface area contributed by atoms with Crippen LogP contribution in [0.4, 0.5) is 0 Å². The first-order valence-corrected chi connectivity index (χ1v) is 8.74. The van der Waals surface area contributed by atoms with Crippen LogP contribution in [0, 0.1) is 0 Å². The summed E-state index contributed by atoms with van der Waals surface area (Å²) in [6, 6.07) is 21.7. The van der Waals surface area contributed by atoms with Crippen LogP contribution in [0.15, 0.2) is 60.7 Å². The Bertz CT molecular complexity index is 551. The standard InChI is InChI=1S/C21H30N2/c1-3-10-19(17-11-6-4-7-12-17)21(20(23)15-16(2)22)18-13-8-5-9-14-18/h4-9,11-14,16,19-21H,3,10,15,22-23H2,1-2H3. The average Bonchev–Trinajstić information content (AvgIpc) is 2.55. The fraction of sp³-hybridized carbons (Fsp3) is 0.429. The van der Waals surface area contributed by atoms with Gasteiger partial charge in [0.1, 0.15) is 0 Å². The van der Waals surface area contributed by atoms with Gasteiger partial charge in [0.2, 0.25) is 0 Å². The molecule has 0 saturated carbocycles. The highest BCUT2D eigenvalue weighted by Gasteiger charge is 2.29. The van der Waals surface area contributed by atoms with E-state index in [1.807, 2.05) is 6.92 Å². The molecular weight excluding hydrogens is 280 g/mol. The summed E-state index contributed by atoms with van der Waals surface area (Å²) in [6.45, 7) is 4.29. The third-order valence-electron chi connectivity index (χ3n) is 4.55. The summed E-state index contributed by atoms with van der Waals surface area (Å²) in [7, 11) is 0. The normalized spacial score (nSPS) is 16.5. The number of hydrogen-bond acceptors (Lipinski definition) is 2. The SMILES string of the molecule is CCCC(c1ccccc1)C(c1ccccc1)C(N)CC(C)N. The van der Waals surface area contributed by atoms with E-state index in [1.165, 1.54) is 11.1 Å². The molecule has 0 bridgehead atoms. The Hall–Kier alpha value is -1.64. The van der Waals surface area contributed by atoms with E-state index in [4.69, 9.17) is 11.5 Å². The minimum Gasteiger partial charge on any atom is -0.328 e. The molecule has 23 heavy (non-hydrogen) atoms. The largest absolute Gasteiger partial charge is 0.328 e. The second kappa shape index (κ2) is 8.85. The van der Waals surface area contributed by atoms with Gasteiger partial charge in [0.25, 0.3) is 0 Å². The van der Waals surface area contributed by atoms with Crippen molar-refractivity contribution < 1.29 is 0 Å². The molecule has 4 unspecified atom stereocenters. The van der Waals surface area contributed by atoms with Crippen LogP contribution in [0.1, 0.15) is 56.1 Å². The van der Waals surface area contributed by atoms with E-state index in [-0.39, 0.29) is 12.1 Å². The number of hydrogen-bond donors (Lipinski definition) is 2. The van der Waals surface area contributed by atoms with E-state index in [0.717, 1.165) is 19.3 Å². The maximum atomic E-state index is 6.64. The molecule has 124 valence electrons. The van der Waals surface area contributed by atoms with E-state index < -0.39 is 0 Å². The predicted molar refractivity (Wildman–Crippen MR) is 99.5 cm³/mol. The Balaban J connectivity index is 2.40. The van der Waals surface area contributed by atoms with Gasteiger partial charge in [0.15, 0.2) is 0 Å². The highest BCUT2D eigenvalue weighted by Crippen LogP contribution is 2.39. The van der Waals surface area contributed by atoms with E-state index in [1.54, 1.807) is 0 Å². The molecule has 4 atom stereocenters. The minimum atomic E-state index is 0.0640. The van der Waals surface area contributed by atoms with Crippen LogP contribution < -0.4 is 11.5 Å². The highest BCUT2D eigenvalue weighted by molar-refractivity contribution is 5.30. The van der Waals surface area contributed by atoms with Crippen LogP contribution in [0.25, 0.3) is 0 Å². The summed E-state index contributed by atoms with van der Waals surface area (Å²) in [6.07, 6.45) is 3.12. The molecule has 0 aromatic heterocycles. The molecule has 4 N–H and O–H groups in total. The Labute approximate surface area is 140 Å². The van der Waals surface area contributed by atoms with Gasteiger partial charge < -0.3 is 11.5 Å². The van der Waals surface area contributed by atoms with E-state index in [0.29, 0.717) is 11.8 Å². The van der Waals surface area contributed by atoms with Gasteiger partial charge in [-0.05, 0) is 36.8 Å². The fourth-order valence-electron chi connectivity index (χ4n) is 3.59. The van der Waals surface area contributed by atoms with Crippen molar-refractivity contribution in [1.82, 2.24) is 0 Å². The maximum absolute atomic E-state index is 6.64. The lowest BCUT2D eigenvalue weighted by Crippen LogP contribution is -2.37. The Morgan fingerprint density at radius 2 is 1.35 bits per heavy atom. The Morgan fingerprint density at radius 3 is 1.83 bits per heavy atom. The Morgan fingerprint density at radius 1 is 0.826 bits per heavy atom. The number of nitrogens with two attached hydrogens (primary N) is 2. The molecule has 2 nitrogen and oxygen atoms in total. The molecule has 0 aliphatic heterocycles. The molecule has 0 spiro atoms. The molecule has 2 aromatic carbocycles. The number of rotatable bonds is 8. The van der Waals surface area contributed by atoms with Crippen molar-refractivity contribution in [1.29, 1.82) is 0 Å². The highest BCUT2D eigenvalue weighted by atomic mass is 14.7. The van der Waals surface area contributed by atoms with Gasteiger partial charge in [-0.3, -0.25) is 0 Å². The van der Waals surface area contributed by atoms with Crippen LogP contribution in [0.5, 0.6) is 0 Å². The predicted octanol–water partition coefficient (Wildman–Crippen LogP) is 4.42. The molecule has 0 radical (unpaired) electrons. The average molecular weight is 310 g/mol. The third kappa shape index (κ3) is 4.92. The van der Waals surface area contributed by atoms with Crippen LogP contribution in [-0.4, -0.2) is 12.1 Å². The van der Waals surface area contributed by atoms with Crippen LogP contribution >= 0.6 is 0 Å².